The van der Waals surface area contributed by atoms with E-state index in [2.05, 4.69) is 4.74 Å². The number of cyclic esters (lactones) is 1. The van der Waals surface area contributed by atoms with Crippen molar-refractivity contribution < 1.29 is 32.2 Å². The van der Waals surface area contributed by atoms with Gasteiger partial charge in [0.05, 0.1) is 13.1 Å². The molecule has 1 aliphatic rings. The summed E-state index contributed by atoms with van der Waals surface area (Å²) in [5, 5.41) is 0. The largest absolute Gasteiger partial charge is 0.573 e. The van der Waals surface area contributed by atoms with Crippen LogP contribution in [0.1, 0.15) is 5.56 Å². The first-order valence-corrected chi connectivity index (χ1v) is 6.11. The minimum atomic E-state index is -4.74. The van der Waals surface area contributed by atoms with E-state index in [1.54, 1.807) is 0 Å². The van der Waals surface area contributed by atoms with Crippen LogP contribution >= 0.6 is 0 Å². The lowest BCUT2D eigenvalue weighted by Gasteiger charge is -2.12. The Hall–Kier alpha value is -2.25. The highest BCUT2D eigenvalue weighted by Crippen LogP contribution is 2.22. The topological polar surface area (TPSA) is 55.8 Å². The number of rotatable bonds is 5. The van der Waals surface area contributed by atoms with Crippen LogP contribution in [0.4, 0.5) is 18.0 Å². The van der Waals surface area contributed by atoms with Crippen LogP contribution in [0, 0.1) is 0 Å². The molecule has 114 valence electrons. The molecular formula is C13H12F3NO4. The highest BCUT2D eigenvalue weighted by molar-refractivity contribution is 5.86. The molecule has 0 atom stereocenters. The maximum atomic E-state index is 12.0. The van der Waals surface area contributed by atoms with E-state index in [9.17, 15) is 22.8 Å². The summed E-state index contributed by atoms with van der Waals surface area (Å²) in [5.74, 6) is -0.569. The normalized spacial score (nSPS) is 15.0. The molecular weight excluding hydrogens is 291 g/mol. The molecule has 1 fully saturated rings. The van der Waals surface area contributed by atoms with Crippen molar-refractivity contribution in [2.24, 2.45) is 0 Å². The number of ketones is 1. The molecule has 0 N–H and O–H groups in total. The fraction of sp³-hybridized carbons (Fsp3) is 0.385. The molecule has 1 aromatic carbocycles. The van der Waals surface area contributed by atoms with Crippen molar-refractivity contribution in [3.8, 4) is 5.75 Å². The molecule has 1 aromatic rings. The Morgan fingerprint density at radius 2 is 1.95 bits per heavy atom. The molecule has 0 bridgehead atoms. The van der Waals surface area contributed by atoms with Gasteiger partial charge in [-0.3, -0.25) is 9.69 Å². The SMILES string of the molecule is O=C(Cc1ccc(OC(F)(F)F)cc1)CN1CCOC1=O. The molecule has 2 rings (SSSR count). The van der Waals surface area contributed by atoms with Gasteiger partial charge in [-0.1, -0.05) is 12.1 Å². The third kappa shape index (κ3) is 4.66. The molecule has 21 heavy (non-hydrogen) atoms. The van der Waals surface area contributed by atoms with Gasteiger partial charge in [-0.05, 0) is 17.7 Å². The van der Waals surface area contributed by atoms with Gasteiger partial charge < -0.3 is 9.47 Å². The van der Waals surface area contributed by atoms with Crippen LogP contribution in [0.3, 0.4) is 0 Å². The van der Waals surface area contributed by atoms with Crippen molar-refractivity contribution in [1.29, 1.82) is 0 Å². The minimum absolute atomic E-state index is 0.0239. The number of amides is 1. The Balaban J connectivity index is 1.88. The molecule has 1 saturated heterocycles. The Morgan fingerprint density at radius 3 is 2.48 bits per heavy atom. The van der Waals surface area contributed by atoms with Gasteiger partial charge >= 0.3 is 12.5 Å². The van der Waals surface area contributed by atoms with E-state index in [-0.39, 0.29) is 31.1 Å². The standard InChI is InChI=1S/C13H12F3NO4/c14-13(15,16)21-11-3-1-9(2-4-11)7-10(18)8-17-5-6-20-12(17)19/h1-4H,5-8H2. The first kappa shape index (κ1) is 15.1. The van der Waals surface area contributed by atoms with E-state index in [0.29, 0.717) is 12.1 Å². The number of ether oxygens (including phenoxy) is 2. The zero-order valence-corrected chi connectivity index (χ0v) is 10.9. The average Bonchev–Trinajstić information content (AvgIpc) is 2.76. The fourth-order valence-corrected chi connectivity index (χ4v) is 1.87. The van der Waals surface area contributed by atoms with E-state index < -0.39 is 12.5 Å². The van der Waals surface area contributed by atoms with Crippen LogP contribution in [0.15, 0.2) is 24.3 Å². The van der Waals surface area contributed by atoms with Gasteiger partial charge in [0.2, 0.25) is 0 Å². The number of benzene rings is 1. The summed E-state index contributed by atoms with van der Waals surface area (Å²) >= 11 is 0. The second kappa shape index (κ2) is 6.02. The molecule has 5 nitrogen and oxygen atoms in total. The lowest BCUT2D eigenvalue weighted by atomic mass is 10.1. The van der Waals surface area contributed by atoms with Crippen LogP contribution in [-0.2, 0) is 16.0 Å². The maximum absolute atomic E-state index is 12.0. The van der Waals surface area contributed by atoms with Crippen molar-refractivity contribution >= 4 is 11.9 Å². The van der Waals surface area contributed by atoms with Crippen molar-refractivity contribution in [2.75, 3.05) is 19.7 Å². The fourth-order valence-electron chi connectivity index (χ4n) is 1.87. The molecule has 0 unspecified atom stereocenters. The second-order valence-electron chi connectivity index (χ2n) is 4.44. The van der Waals surface area contributed by atoms with Gasteiger partial charge in [-0.2, -0.15) is 0 Å². The van der Waals surface area contributed by atoms with Gasteiger partial charge in [0.15, 0.2) is 5.78 Å². The zero-order valence-electron chi connectivity index (χ0n) is 10.9. The molecule has 0 radical (unpaired) electrons. The molecule has 1 heterocycles. The molecule has 8 heteroatoms. The van der Waals surface area contributed by atoms with Crippen LogP contribution < -0.4 is 4.74 Å². The molecule has 0 saturated carbocycles. The summed E-state index contributed by atoms with van der Waals surface area (Å²) in [6, 6.07) is 5.03. The monoisotopic (exact) mass is 303 g/mol. The molecule has 1 aliphatic heterocycles. The van der Waals surface area contributed by atoms with E-state index in [1.807, 2.05) is 0 Å². The molecule has 0 aromatic heterocycles. The number of hydrogen-bond acceptors (Lipinski definition) is 4. The van der Waals surface area contributed by atoms with Crippen LogP contribution in [0.5, 0.6) is 5.75 Å². The van der Waals surface area contributed by atoms with Crippen LogP contribution in [0.2, 0.25) is 0 Å². The Kier molecular flexibility index (Phi) is 4.35. The number of carbonyl (C=O) groups is 2. The lowest BCUT2D eigenvalue weighted by molar-refractivity contribution is -0.274. The van der Waals surface area contributed by atoms with E-state index in [1.165, 1.54) is 17.0 Å². The predicted molar refractivity (Wildman–Crippen MR) is 64.8 cm³/mol. The first-order valence-electron chi connectivity index (χ1n) is 6.11. The van der Waals surface area contributed by atoms with Crippen LogP contribution in [-0.4, -0.2) is 42.8 Å². The van der Waals surface area contributed by atoms with Gasteiger partial charge in [-0.25, -0.2) is 4.79 Å². The van der Waals surface area contributed by atoms with Crippen molar-refractivity contribution in [3.05, 3.63) is 29.8 Å². The molecule has 0 spiro atoms. The van der Waals surface area contributed by atoms with Gasteiger partial charge in [0.25, 0.3) is 0 Å². The van der Waals surface area contributed by atoms with Gasteiger partial charge in [0, 0.05) is 6.42 Å². The third-order valence-electron chi connectivity index (χ3n) is 2.77. The molecule has 0 aliphatic carbocycles. The van der Waals surface area contributed by atoms with Crippen LogP contribution in [0.25, 0.3) is 0 Å². The van der Waals surface area contributed by atoms with Crippen molar-refractivity contribution in [2.45, 2.75) is 12.8 Å². The quantitative estimate of drug-likeness (QED) is 0.836. The Morgan fingerprint density at radius 1 is 1.29 bits per heavy atom. The molecule has 1 amide bonds. The summed E-state index contributed by atoms with van der Waals surface area (Å²) < 4.78 is 44.4. The minimum Gasteiger partial charge on any atom is -0.448 e. The van der Waals surface area contributed by atoms with Crippen molar-refractivity contribution in [3.63, 3.8) is 0 Å². The summed E-state index contributed by atoms with van der Waals surface area (Å²) in [6.45, 7) is 0.554. The lowest BCUT2D eigenvalue weighted by Crippen LogP contribution is -2.31. The van der Waals surface area contributed by atoms with Crippen molar-refractivity contribution in [1.82, 2.24) is 4.90 Å². The Labute approximate surface area is 118 Å². The number of halogens is 3. The van der Waals surface area contributed by atoms with E-state index >= 15 is 0 Å². The third-order valence-corrected chi connectivity index (χ3v) is 2.77. The van der Waals surface area contributed by atoms with E-state index in [0.717, 1.165) is 12.1 Å². The number of Topliss-reactive ketones (excluding diaryl/α,β-unsaturated/α-hetero) is 1. The Bertz CT molecular complexity index is 527. The highest BCUT2D eigenvalue weighted by atomic mass is 19.4. The number of carbonyl (C=O) groups excluding carboxylic acids is 2. The second-order valence-corrected chi connectivity index (χ2v) is 4.44. The predicted octanol–water partition coefficient (Wildman–Crippen LogP) is 2.15. The number of alkyl halides is 3. The van der Waals surface area contributed by atoms with Gasteiger partial charge in [0.1, 0.15) is 12.4 Å². The summed E-state index contributed by atoms with van der Waals surface area (Å²) in [4.78, 5) is 24.2. The average molecular weight is 303 g/mol. The summed E-state index contributed by atoms with van der Waals surface area (Å²) in [5.41, 5.74) is 0.544. The highest BCUT2D eigenvalue weighted by Gasteiger charge is 2.31. The number of nitrogens with zero attached hydrogens (tertiary/aromatic N) is 1. The first-order chi connectivity index (χ1) is 9.83. The smallest absolute Gasteiger partial charge is 0.448 e. The van der Waals surface area contributed by atoms with E-state index in [4.69, 9.17) is 4.74 Å². The summed E-state index contributed by atoms with van der Waals surface area (Å²) in [6.07, 6.45) is -5.25. The number of hydrogen-bond donors (Lipinski definition) is 0. The zero-order chi connectivity index (χ0) is 15.5. The maximum Gasteiger partial charge on any atom is 0.573 e. The van der Waals surface area contributed by atoms with Gasteiger partial charge in [-0.15, -0.1) is 13.2 Å². The summed E-state index contributed by atoms with van der Waals surface area (Å²) in [7, 11) is 0.